The average Bonchev–Trinajstić information content (AvgIpc) is 2.98. The highest BCUT2D eigenvalue weighted by molar-refractivity contribution is 5.98. The van der Waals surface area contributed by atoms with Crippen molar-refractivity contribution in [3.05, 3.63) is 54.1 Å². The number of hydrogen-bond acceptors (Lipinski definition) is 1. The first kappa shape index (κ1) is 9.41. The third-order valence-corrected chi connectivity index (χ3v) is 4.50. The SMILES string of the molecule is O=C1C[C@@H]2C=C[C@@H]3C=C(c4ccccc4)[C@H]1[C@@H]32. The Morgan fingerprint density at radius 2 is 1.88 bits per heavy atom. The van der Waals surface area contributed by atoms with E-state index in [1.807, 2.05) is 6.07 Å². The first-order chi connectivity index (χ1) is 8.34. The van der Waals surface area contributed by atoms with Gasteiger partial charge in [-0.25, -0.2) is 0 Å². The molecule has 1 heteroatoms. The molecule has 4 atom stereocenters. The number of benzene rings is 1. The number of Topliss-reactive ketones (excluding diaryl/α,β-unsaturated/α-hetero) is 1. The maximum Gasteiger partial charge on any atom is 0.141 e. The van der Waals surface area contributed by atoms with E-state index in [1.54, 1.807) is 0 Å². The molecule has 0 saturated heterocycles. The molecule has 0 spiro atoms. The van der Waals surface area contributed by atoms with Gasteiger partial charge in [-0.15, -0.1) is 0 Å². The molecular weight excluding hydrogens is 208 g/mol. The Bertz CT molecular complexity index is 538. The molecule has 0 bridgehead atoms. The minimum Gasteiger partial charge on any atom is -0.299 e. The normalized spacial score (nSPS) is 37.4. The Kier molecular flexibility index (Phi) is 1.77. The lowest BCUT2D eigenvalue weighted by Crippen LogP contribution is -2.15. The number of hydrogen-bond donors (Lipinski definition) is 0. The van der Waals surface area contributed by atoms with Crippen LogP contribution in [-0.4, -0.2) is 5.78 Å². The van der Waals surface area contributed by atoms with Gasteiger partial charge in [0.2, 0.25) is 0 Å². The lowest BCUT2D eigenvalue weighted by Gasteiger charge is -2.15. The van der Waals surface area contributed by atoms with Crippen LogP contribution in [0.4, 0.5) is 0 Å². The summed E-state index contributed by atoms with van der Waals surface area (Å²) in [5, 5.41) is 0. The molecule has 0 aliphatic heterocycles. The van der Waals surface area contributed by atoms with Crippen LogP contribution in [0.15, 0.2) is 48.6 Å². The van der Waals surface area contributed by atoms with E-state index in [-0.39, 0.29) is 5.92 Å². The molecule has 0 N–H and O–H groups in total. The first-order valence-electron chi connectivity index (χ1n) is 6.33. The maximum atomic E-state index is 12.2. The van der Waals surface area contributed by atoms with Crippen LogP contribution in [-0.2, 0) is 4.79 Å². The molecule has 0 heterocycles. The van der Waals surface area contributed by atoms with Gasteiger partial charge in [-0.1, -0.05) is 48.6 Å². The Labute approximate surface area is 101 Å². The first-order valence-corrected chi connectivity index (χ1v) is 6.33. The van der Waals surface area contributed by atoms with Gasteiger partial charge in [0.15, 0.2) is 0 Å². The number of ketones is 1. The van der Waals surface area contributed by atoms with Gasteiger partial charge in [0.05, 0.1) is 0 Å². The zero-order valence-electron chi connectivity index (χ0n) is 9.54. The topological polar surface area (TPSA) is 17.1 Å². The smallest absolute Gasteiger partial charge is 0.141 e. The molecule has 1 aromatic rings. The molecule has 1 fully saturated rings. The lowest BCUT2D eigenvalue weighted by atomic mass is 9.86. The van der Waals surface area contributed by atoms with Crippen molar-refractivity contribution < 1.29 is 4.79 Å². The van der Waals surface area contributed by atoms with Crippen molar-refractivity contribution in [1.29, 1.82) is 0 Å². The second-order valence-electron chi connectivity index (χ2n) is 5.34. The van der Waals surface area contributed by atoms with Crippen molar-refractivity contribution in [2.45, 2.75) is 6.42 Å². The number of rotatable bonds is 1. The van der Waals surface area contributed by atoms with Gasteiger partial charge in [0.1, 0.15) is 5.78 Å². The zero-order chi connectivity index (χ0) is 11.4. The second kappa shape index (κ2) is 3.19. The van der Waals surface area contributed by atoms with Crippen molar-refractivity contribution >= 4 is 11.4 Å². The Morgan fingerprint density at radius 1 is 1.06 bits per heavy atom. The Hall–Kier alpha value is -1.63. The van der Waals surface area contributed by atoms with E-state index in [4.69, 9.17) is 0 Å². The van der Waals surface area contributed by atoms with Gasteiger partial charge in [-0.05, 0) is 28.9 Å². The van der Waals surface area contributed by atoms with Crippen LogP contribution in [0.25, 0.3) is 5.57 Å². The largest absolute Gasteiger partial charge is 0.299 e. The zero-order valence-corrected chi connectivity index (χ0v) is 9.54. The third-order valence-electron chi connectivity index (χ3n) is 4.50. The highest BCUT2D eigenvalue weighted by Crippen LogP contribution is 2.55. The number of allylic oxidation sites excluding steroid dienone is 4. The summed E-state index contributed by atoms with van der Waals surface area (Å²) in [4.78, 5) is 12.2. The third kappa shape index (κ3) is 1.17. The predicted molar refractivity (Wildman–Crippen MR) is 67.1 cm³/mol. The minimum atomic E-state index is 0.169. The molecular formula is C16H14O. The van der Waals surface area contributed by atoms with Gasteiger partial charge in [0, 0.05) is 12.3 Å². The monoisotopic (exact) mass is 222 g/mol. The van der Waals surface area contributed by atoms with Crippen LogP contribution in [0.3, 0.4) is 0 Å². The predicted octanol–water partition coefficient (Wildman–Crippen LogP) is 3.09. The Morgan fingerprint density at radius 3 is 2.71 bits per heavy atom. The van der Waals surface area contributed by atoms with Crippen molar-refractivity contribution in [3.8, 4) is 0 Å². The fraction of sp³-hybridized carbons (Fsp3) is 0.312. The molecule has 4 rings (SSSR count). The molecule has 0 radical (unpaired) electrons. The van der Waals surface area contributed by atoms with E-state index in [1.165, 1.54) is 11.1 Å². The van der Waals surface area contributed by atoms with Gasteiger partial charge in [0.25, 0.3) is 0 Å². The molecule has 0 amide bonds. The highest BCUT2D eigenvalue weighted by atomic mass is 16.1. The van der Waals surface area contributed by atoms with Crippen LogP contribution in [0.1, 0.15) is 12.0 Å². The van der Waals surface area contributed by atoms with Crippen LogP contribution in [0.5, 0.6) is 0 Å². The van der Waals surface area contributed by atoms with Gasteiger partial charge in [-0.2, -0.15) is 0 Å². The van der Waals surface area contributed by atoms with Crippen molar-refractivity contribution in [3.63, 3.8) is 0 Å². The van der Waals surface area contributed by atoms with E-state index in [0.29, 0.717) is 23.5 Å². The quantitative estimate of drug-likeness (QED) is 0.667. The molecule has 0 aromatic heterocycles. The molecule has 1 nitrogen and oxygen atoms in total. The molecule has 1 aromatic carbocycles. The summed E-state index contributed by atoms with van der Waals surface area (Å²) < 4.78 is 0. The van der Waals surface area contributed by atoms with E-state index in [0.717, 1.165) is 6.42 Å². The summed E-state index contributed by atoms with van der Waals surface area (Å²) in [7, 11) is 0. The lowest BCUT2D eigenvalue weighted by molar-refractivity contribution is -0.119. The number of carbonyl (C=O) groups is 1. The fourth-order valence-corrected chi connectivity index (χ4v) is 3.83. The summed E-state index contributed by atoms with van der Waals surface area (Å²) in [5.41, 5.74) is 2.51. The van der Waals surface area contributed by atoms with Gasteiger partial charge < -0.3 is 0 Å². The second-order valence-corrected chi connectivity index (χ2v) is 5.34. The summed E-state index contributed by atoms with van der Waals surface area (Å²) in [6.45, 7) is 0. The van der Waals surface area contributed by atoms with Crippen LogP contribution in [0.2, 0.25) is 0 Å². The summed E-state index contributed by atoms with van der Waals surface area (Å²) in [5.74, 6) is 2.17. The summed E-state index contributed by atoms with van der Waals surface area (Å²) in [6.07, 6.45) is 7.63. The van der Waals surface area contributed by atoms with Crippen LogP contribution >= 0.6 is 0 Å². The van der Waals surface area contributed by atoms with Gasteiger partial charge in [-0.3, -0.25) is 4.79 Å². The number of carbonyl (C=O) groups excluding carboxylic acids is 1. The summed E-state index contributed by atoms with van der Waals surface area (Å²) >= 11 is 0. The highest BCUT2D eigenvalue weighted by Gasteiger charge is 2.51. The fourth-order valence-electron chi connectivity index (χ4n) is 3.83. The maximum absolute atomic E-state index is 12.2. The van der Waals surface area contributed by atoms with Gasteiger partial charge >= 0.3 is 0 Å². The van der Waals surface area contributed by atoms with Crippen LogP contribution < -0.4 is 0 Å². The standard InChI is InChI=1S/C16H14O/c17-14-9-12-7-6-11-8-13(16(14)15(11)12)10-4-2-1-3-5-10/h1-8,11-12,15-16H,9H2/t11-,12+,15+,16-/m1/s1. The van der Waals surface area contributed by atoms with E-state index < -0.39 is 0 Å². The van der Waals surface area contributed by atoms with E-state index in [9.17, 15) is 4.79 Å². The van der Waals surface area contributed by atoms with Crippen LogP contribution in [0, 0.1) is 23.7 Å². The molecule has 3 aliphatic carbocycles. The molecule has 0 unspecified atom stereocenters. The Balaban J connectivity index is 1.83. The molecule has 1 saturated carbocycles. The van der Waals surface area contributed by atoms with E-state index in [2.05, 4.69) is 42.5 Å². The average molecular weight is 222 g/mol. The van der Waals surface area contributed by atoms with Crippen molar-refractivity contribution in [1.82, 2.24) is 0 Å². The molecule has 3 aliphatic rings. The van der Waals surface area contributed by atoms with Crippen molar-refractivity contribution in [2.24, 2.45) is 23.7 Å². The minimum absolute atomic E-state index is 0.169. The summed E-state index contributed by atoms with van der Waals surface area (Å²) in [6, 6.07) is 10.4. The molecule has 17 heavy (non-hydrogen) atoms. The molecule has 84 valence electrons. The van der Waals surface area contributed by atoms with Crippen molar-refractivity contribution in [2.75, 3.05) is 0 Å². The van der Waals surface area contributed by atoms with E-state index >= 15 is 0 Å².